The number of carbonyl (C=O) groups excluding carboxylic acids is 1. The van der Waals surface area contributed by atoms with Gasteiger partial charge in [-0.1, -0.05) is 13.8 Å². The standard InChI is InChI=1S/C14H19NO2/c1-9-7-12-11(8-13(9)17)14(3,4)5-6-15(12)10(2)16/h7-8,17H,5-6H2,1-4H3. The van der Waals surface area contributed by atoms with Crippen LogP contribution in [0.5, 0.6) is 5.75 Å². The predicted octanol–water partition coefficient (Wildman–Crippen LogP) is 2.73. The van der Waals surface area contributed by atoms with Crippen molar-refractivity contribution >= 4 is 11.6 Å². The molecule has 1 N–H and O–H groups in total. The normalized spacial score (nSPS) is 17.8. The van der Waals surface area contributed by atoms with Gasteiger partial charge in [0.05, 0.1) is 0 Å². The minimum atomic E-state index is 0.00641. The lowest BCUT2D eigenvalue weighted by Gasteiger charge is -2.39. The molecule has 0 radical (unpaired) electrons. The molecule has 1 heterocycles. The summed E-state index contributed by atoms with van der Waals surface area (Å²) in [5.41, 5.74) is 2.82. The van der Waals surface area contributed by atoms with E-state index in [-0.39, 0.29) is 11.3 Å². The minimum absolute atomic E-state index is 0.00641. The largest absolute Gasteiger partial charge is 0.508 e. The molecule has 0 aliphatic carbocycles. The van der Waals surface area contributed by atoms with E-state index in [1.807, 2.05) is 13.0 Å². The van der Waals surface area contributed by atoms with Gasteiger partial charge in [-0.3, -0.25) is 4.79 Å². The predicted molar refractivity (Wildman–Crippen MR) is 68.5 cm³/mol. The highest BCUT2D eigenvalue weighted by molar-refractivity contribution is 5.93. The average Bonchev–Trinajstić information content (AvgIpc) is 2.20. The van der Waals surface area contributed by atoms with Gasteiger partial charge in [0, 0.05) is 19.2 Å². The number of hydrogen-bond donors (Lipinski definition) is 1. The van der Waals surface area contributed by atoms with E-state index < -0.39 is 0 Å². The molecule has 0 saturated heterocycles. The highest BCUT2D eigenvalue weighted by Gasteiger charge is 2.33. The van der Waals surface area contributed by atoms with Crippen LogP contribution in [0.3, 0.4) is 0 Å². The Labute approximate surface area is 102 Å². The number of aromatic hydroxyl groups is 1. The van der Waals surface area contributed by atoms with Crippen LogP contribution in [0.15, 0.2) is 12.1 Å². The molecular formula is C14H19NO2. The fraction of sp³-hybridized carbons (Fsp3) is 0.500. The van der Waals surface area contributed by atoms with Crippen molar-refractivity contribution in [1.82, 2.24) is 0 Å². The summed E-state index contributed by atoms with van der Waals surface area (Å²) in [6, 6.07) is 3.72. The second-order valence-electron chi connectivity index (χ2n) is 5.46. The van der Waals surface area contributed by atoms with E-state index in [1.54, 1.807) is 17.9 Å². The summed E-state index contributed by atoms with van der Waals surface area (Å²) in [5.74, 6) is 0.370. The molecule has 17 heavy (non-hydrogen) atoms. The van der Waals surface area contributed by atoms with E-state index in [9.17, 15) is 9.90 Å². The lowest BCUT2D eigenvalue weighted by atomic mass is 9.77. The number of aryl methyl sites for hydroxylation is 1. The summed E-state index contributed by atoms with van der Waals surface area (Å²) < 4.78 is 0. The van der Waals surface area contributed by atoms with Crippen molar-refractivity contribution in [2.24, 2.45) is 0 Å². The maximum absolute atomic E-state index is 11.6. The van der Waals surface area contributed by atoms with Crippen LogP contribution in [0.25, 0.3) is 0 Å². The molecular weight excluding hydrogens is 214 g/mol. The number of carbonyl (C=O) groups is 1. The average molecular weight is 233 g/mol. The number of phenolic OH excluding ortho intramolecular Hbond substituents is 1. The lowest BCUT2D eigenvalue weighted by molar-refractivity contribution is -0.116. The van der Waals surface area contributed by atoms with Crippen molar-refractivity contribution in [2.45, 2.75) is 39.5 Å². The number of fused-ring (bicyclic) bond motifs is 1. The third kappa shape index (κ3) is 1.90. The van der Waals surface area contributed by atoms with Gasteiger partial charge in [-0.2, -0.15) is 0 Å². The zero-order valence-corrected chi connectivity index (χ0v) is 10.9. The van der Waals surface area contributed by atoms with Crippen LogP contribution in [0.1, 0.15) is 38.3 Å². The Hall–Kier alpha value is -1.51. The SMILES string of the molecule is CC(=O)N1CCC(C)(C)c2cc(O)c(C)cc21. The molecule has 0 bridgehead atoms. The van der Waals surface area contributed by atoms with E-state index in [1.165, 1.54) is 0 Å². The summed E-state index contributed by atoms with van der Waals surface area (Å²) in [5, 5.41) is 9.83. The molecule has 0 atom stereocenters. The fourth-order valence-electron chi connectivity index (χ4n) is 2.42. The van der Waals surface area contributed by atoms with Gasteiger partial charge in [0.25, 0.3) is 0 Å². The molecule has 0 unspecified atom stereocenters. The Kier molecular flexibility index (Phi) is 2.64. The number of rotatable bonds is 0. The van der Waals surface area contributed by atoms with Gasteiger partial charge in [-0.25, -0.2) is 0 Å². The summed E-state index contributed by atoms with van der Waals surface area (Å²) in [7, 11) is 0. The van der Waals surface area contributed by atoms with Crippen LogP contribution < -0.4 is 4.90 Å². The number of amides is 1. The number of anilines is 1. The van der Waals surface area contributed by atoms with E-state index in [2.05, 4.69) is 13.8 Å². The number of nitrogens with zero attached hydrogens (tertiary/aromatic N) is 1. The van der Waals surface area contributed by atoms with Gasteiger partial charge >= 0.3 is 0 Å². The van der Waals surface area contributed by atoms with Crippen molar-refractivity contribution in [3.8, 4) is 5.75 Å². The maximum atomic E-state index is 11.6. The van der Waals surface area contributed by atoms with Crippen molar-refractivity contribution in [3.63, 3.8) is 0 Å². The maximum Gasteiger partial charge on any atom is 0.223 e. The topological polar surface area (TPSA) is 40.5 Å². The second kappa shape index (κ2) is 3.76. The molecule has 2 rings (SSSR count). The molecule has 1 aliphatic heterocycles. The number of benzene rings is 1. The molecule has 3 nitrogen and oxygen atoms in total. The molecule has 0 aromatic heterocycles. The summed E-state index contributed by atoms with van der Waals surface area (Å²) in [6.07, 6.45) is 0.919. The lowest BCUT2D eigenvalue weighted by Crippen LogP contribution is -2.39. The molecule has 0 fully saturated rings. The third-order valence-corrected chi connectivity index (χ3v) is 3.67. The zero-order chi connectivity index (χ0) is 12.8. The monoisotopic (exact) mass is 233 g/mol. The van der Waals surface area contributed by atoms with Crippen LogP contribution in [-0.2, 0) is 10.2 Å². The minimum Gasteiger partial charge on any atom is -0.508 e. The molecule has 92 valence electrons. The molecule has 0 spiro atoms. The number of hydrogen-bond acceptors (Lipinski definition) is 2. The van der Waals surface area contributed by atoms with Crippen molar-refractivity contribution in [1.29, 1.82) is 0 Å². The van der Waals surface area contributed by atoms with Crippen LogP contribution in [0.2, 0.25) is 0 Å². The summed E-state index contributed by atoms with van der Waals surface area (Å²) in [4.78, 5) is 13.4. The highest BCUT2D eigenvalue weighted by Crippen LogP contribution is 2.42. The highest BCUT2D eigenvalue weighted by atomic mass is 16.3. The van der Waals surface area contributed by atoms with E-state index in [0.29, 0.717) is 5.75 Å². The first-order valence-corrected chi connectivity index (χ1v) is 5.95. The van der Waals surface area contributed by atoms with Crippen LogP contribution in [-0.4, -0.2) is 17.6 Å². The number of phenols is 1. The van der Waals surface area contributed by atoms with Crippen LogP contribution in [0.4, 0.5) is 5.69 Å². The molecule has 0 saturated carbocycles. The molecule has 1 aliphatic rings. The van der Waals surface area contributed by atoms with Gasteiger partial charge in [0.15, 0.2) is 0 Å². The fourth-order valence-corrected chi connectivity index (χ4v) is 2.42. The Balaban J connectivity index is 2.64. The summed E-state index contributed by atoms with van der Waals surface area (Å²) in [6.45, 7) is 8.50. The Bertz CT molecular complexity index is 477. The molecule has 1 aromatic carbocycles. The van der Waals surface area contributed by atoms with Crippen LogP contribution in [0, 0.1) is 6.92 Å². The first-order valence-electron chi connectivity index (χ1n) is 5.95. The molecule has 3 heteroatoms. The Morgan fingerprint density at radius 2 is 2.06 bits per heavy atom. The van der Waals surface area contributed by atoms with Gasteiger partial charge in [0.2, 0.25) is 5.91 Å². The molecule has 1 aromatic rings. The molecule has 1 amide bonds. The van der Waals surface area contributed by atoms with Crippen molar-refractivity contribution < 1.29 is 9.90 Å². The Morgan fingerprint density at radius 1 is 1.41 bits per heavy atom. The second-order valence-corrected chi connectivity index (χ2v) is 5.46. The first kappa shape index (κ1) is 12.0. The van der Waals surface area contributed by atoms with Crippen molar-refractivity contribution in [3.05, 3.63) is 23.3 Å². The van der Waals surface area contributed by atoms with E-state index in [4.69, 9.17) is 0 Å². The first-order chi connectivity index (χ1) is 7.83. The van der Waals surface area contributed by atoms with Gasteiger partial charge in [-0.15, -0.1) is 0 Å². The Morgan fingerprint density at radius 3 is 2.65 bits per heavy atom. The zero-order valence-electron chi connectivity index (χ0n) is 10.9. The van der Waals surface area contributed by atoms with Crippen molar-refractivity contribution in [2.75, 3.05) is 11.4 Å². The third-order valence-electron chi connectivity index (χ3n) is 3.67. The quantitative estimate of drug-likeness (QED) is 0.748. The summed E-state index contributed by atoms with van der Waals surface area (Å²) >= 11 is 0. The van der Waals surface area contributed by atoms with Gasteiger partial charge in [-0.05, 0) is 42.0 Å². The van der Waals surface area contributed by atoms with E-state index in [0.717, 1.165) is 29.8 Å². The van der Waals surface area contributed by atoms with Gasteiger partial charge < -0.3 is 10.0 Å². The van der Waals surface area contributed by atoms with Gasteiger partial charge in [0.1, 0.15) is 5.75 Å². The van der Waals surface area contributed by atoms with Crippen LogP contribution >= 0.6 is 0 Å². The smallest absolute Gasteiger partial charge is 0.223 e. The van der Waals surface area contributed by atoms with E-state index >= 15 is 0 Å².